The van der Waals surface area contributed by atoms with E-state index in [1.54, 1.807) is 18.2 Å². The zero-order valence-corrected chi connectivity index (χ0v) is 16.1. The van der Waals surface area contributed by atoms with E-state index in [1.807, 2.05) is 5.43 Å². The average molecular weight is 439 g/mol. The first-order valence-corrected chi connectivity index (χ1v) is 8.79. The van der Waals surface area contributed by atoms with E-state index < -0.39 is 17.2 Å². The van der Waals surface area contributed by atoms with Crippen LogP contribution in [0.15, 0.2) is 57.0 Å². The maximum atomic E-state index is 12.4. The first-order valence-electron chi connectivity index (χ1n) is 7.66. The molecule has 0 saturated carbocycles. The standard InChI is InChI=1S/C18H10Cl3N3O4/c19-10-4-5-14-11(6-10)16(25)9(8-28-14)7-22-24-18(27)17(26)23-13-3-1-2-12(20)15(13)21/h1-8H,(H,23,26)(H,24,27)/b22-7-. The fourth-order valence-electron chi connectivity index (χ4n) is 2.20. The number of amides is 2. The van der Waals surface area contributed by atoms with Crippen LogP contribution in [-0.2, 0) is 9.59 Å². The third-order valence-electron chi connectivity index (χ3n) is 3.54. The number of hydrogen-bond acceptors (Lipinski definition) is 5. The number of rotatable bonds is 3. The maximum absolute atomic E-state index is 12.4. The van der Waals surface area contributed by atoms with Crippen LogP contribution < -0.4 is 16.2 Å². The number of halogens is 3. The van der Waals surface area contributed by atoms with Crippen molar-refractivity contribution in [1.82, 2.24) is 5.43 Å². The number of carbonyl (C=O) groups is 2. The summed E-state index contributed by atoms with van der Waals surface area (Å²) in [5.74, 6) is -2.08. The Bertz CT molecular complexity index is 1170. The van der Waals surface area contributed by atoms with E-state index in [0.717, 1.165) is 6.21 Å². The highest BCUT2D eigenvalue weighted by Crippen LogP contribution is 2.29. The molecule has 1 heterocycles. The molecule has 0 atom stereocenters. The Balaban J connectivity index is 1.70. The van der Waals surface area contributed by atoms with Crippen molar-refractivity contribution < 1.29 is 14.0 Å². The maximum Gasteiger partial charge on any atom is 0.329 e. The first-order chi connectivity index (χ1) is 13.4. The molecule has 0 radical (unpaired) electrons. The highest BCUT2D eigenvalue weighted by Gasteiger charge is 2.15. The number of hydrogen-bond donors (Lipinski definition) is 2. The van der Waals surface area contributed by atoms with Gasteiger partial charge < -0.3 is 9.73 Å². The number of carbonyl (C=O) groups excluding carboxylic acids is 2. The summed E-state index contributed by atoms with van der Waals surface area (Å²) in [6.45, 7) is 0. The minimum Gasteiger partial charge on any atom is -0.463 e. The van der Waals surface area contributed by atoms with Gasteiger partial charge in [0.25, 0.3) is 0 Å². The van der Waals surface area contributed by atoms with Gasteiger partial charge in [0.1, 0.15) is 11.8 Å². The lowest BCUT2D eigenvalue weighted by Crippen LogP contribution is -2.32. The molecule has 7 nitrogen and oxygen atoms in total. The van der Waals surface area contributed by atoms with Gasteiger partial charge in [-0.25, -0.2) is 5.43 Å². The lowest BCUT2D eigenvalue weighted by Gasteiger charge is -2.06. The summed E-state index contributed by atoms with van der Waals surface area (Å²) < 4.78 is 5.32. The molecule has 0 aliphatic carbocycles. The zero-order valence-electron chi connectivity index (χ0n) is 13.8. The number of nitrogens with one attached hydrogen (secondary N) is 2. The molecule has 1 aromatic heterocycles. The van der Waals surface area contributed by atoms with Crippen LogP contribution in [0.25, 0.3) is 11.0 Å². The van der Waals surface area contributed by atoms with Gasteiger partial charge in [0.15, 0.2) is 0 Å². The third-order valence-corrected chi connectivity index (χ3v) is 4.59. The highest BCUT2D eigenvalue weighted by molar-refractivity contribution is 6.45. The second-order valence-electron chi connectivity index (χ2n) is 5.42. The highest BCUT2D eigenvalue weighted by atomic mass is 35.5. The van der Waals surface area contributed by atoms with Crippen LogP contribution in [0.2, 0.25) is 15.1 Å². The molecular weight excluding hydrogens is 429 g/mol. The largest absolute Gasteiger partial charge is 0.463 e. The van der Waals surface area contributed by atoms with Crippen molar-refractivity contribution in [2.45, 2.75) is 0 Å². The van der Waals surface area contributed by atoms with Crippen molar-refractivity contribution in [1.29, 1.82) is 0 Å². The van der Waals surface area contributed by atoms with Crippen LogP contribution in [0.5, 0.6) is 0 Å². The lowest BCUT2D eigenvalue weighted by atomic mass is 10.2. The SMILES string of the molecule is O=C(N/N=C\c1coc2ccc(Cl)cc2c1=O)C(=O)Nc1cccc(Cl)c1Cl. The summed E-state index contributed by atoms with van der Waals surface area (Å²) in [4.78, 5) is 36.1. The van der Waals surface area contributed by atoms with Crippen LogP contribution in [0.3, 0.4) is 0 Å². The van der Waals surface area contributed by atoms with Gasteiger partial charge in [-0.1, -0.05) is 40.9 Å². The second kappa shape index (κ2) is 8.43. The quantitative estimate of drug-likeness (QED) is 0.368. The van der Waals surface area contributed by atoms with Gasteiger partial charge in [-0.05, 0) is 30.3 Å². The molecule has 0 aliphatic heterocycles. The predicted molar refractivity (Wildman–Crippen MR) is 108 cm³/mol. The Morgan fingerprint density at radius 3 is 2.64 bits per heavy atom. The van der Waals surface area contributed by atoms with E-state index in [-0.39, 0.29) is 26.7 Å². The van der Waals surface area contributed by atoms with Crippen molar-refractivity contribution in [2.75, 3.05) is 5.32 Å². The Morgan fingerprint density at radius 1 is 1.07 bits per heavy atom. The normalized spacial score (nSPS) is 11.0. The summed E-state index contributed by atoms with van der Waals surface area (Å²) in [6.07, 6.45) is 2.24. The Hall–Kier alpha value is -2.87. The topological polar surface area (TPSA) is 101 Å². The van der Waals surface area contributed by atoms with E-state index in [4.69, 9.17) is 39.2 Å². The van der Waals surface area contributed by atoms with Crippen LogP contribution in [0.1, 0.15) is 5.56 Å². The molecule has 0 aliphatic rings. The fraction of sp³-hybridized carbons (Fsp3) is 0. The summed E-state index contributed by atoms with van der Waals surface area (Å²) in [5.41, 5.74) is 2.21. The minimum atomic E-state index is -1.07. The fourth-order valence-corrected chi connectivity index (χ4v) is 2.72. The third kappa shape index (κ3) is 4.33. The number of benzene rings is 2. The number of nitrogens with zero attached hydrogens (tertiary/aromatic N) is 1. The molecule has 0 fully saturated rings. The number of anilines is 1. The molecule has 0 bridgehead atoms. The smallest absolute Gasteiger partial charge is 0.329 e. The van der Waals surface area contributed by atoms with Crippen molar-refractivity contribution >= 4 is 69.5 Å². The van der Waals surface area contributed by atoms with Crippen LogP contribution in [0, 0.1) is 0 Å². The summed E-state index contributed by atoms with van der Waals surface area (Å²) in [7, 11) is 0. The Kier molecular flexibility index (Phi) is 5.99. The summed E-state index contributed by atoms with van der Waals surface area (Å²) >= 11 is 17.7. The summed E-state index contributed by atoms with van der Waals surface area (Å²) in [5, 5.41) is 6.86. The van der Waals surface area contributed by atoms with Crippen LogP contribution >= 0.6 is 34.8 Å². The van der Waals surface area contributed by atoms with Gasteiger partial charge in [0, 0.05) is 5.02 Å². The van der Waals surface area contributed by atoms with Crippen LogP contribution in [-0.4, -0.2) is 18.0 Å². The van der Waals surface area contributed by atoms with Crippen molar-refractivity contribution in [2.24, 2.45) is 5.10 Å². The molecule has 3 rings (SSSR count). The molecule has 3 aromatic rings. The van der Waals surface area contributed by atoms with Gasteiger partial charge in [0.2, 0.25) is 5.43 Å². The lowest BCUT2D eigenvalue weighted by molar-refractivity contribution is -0.136. The van der Waals surface area contributed by atoms with Gasteiger partial charge in [-0.15, -0.1) is 0 Å². The van der Waals surface area contributed by atoms with E-state index in [0.29, 0.717) is 10.6 Å². The molecule has 0 spiro atoms. The molecule has 0 saturated heterocycles. The predicted octanol–water partition coefficient (Wildman–Crippen LogP) is 3.84. The van der Waals surface area contributed by atoms with Gasteiger partial charge in [0.05, 0.1) is 32.9 Å². The molecular formula is C18H10Cl3N3O4. The van der Waals surface area contributed by atoms with Crippen LogP contribution in [0.4, 0.5) is 5.69 Å². The van der Waals surface area contributed by atoms with Gasteiger partial charge in [-0.2, -0.15) is 5.10 Å². The monoisotopic (exact) mass is 437 g/mol. The van der Waals surface area contributed by atoms with E-state index >= 15 is 0 Å². The Labute approximate surface area is 172 Å². The van der Waals surface area contributed by atoms with Gasteiger partial charge in [-0.3, -0.25) is 14.4 Å². The minimum absolute atomic E-state index is 0.0633. The molecule has 142 valence electrons. The average Bonchev–Trinajstić information content (AvgIpc) is 2.67. The van der Waals surface area contributed by atoms with Crippen molar-refractivity contribution in [3.05, 3.63) is 73.5 Å². The molecule has 2 amide bonds. The van der Waals surface area contributed by atoms with Crippen molar-refractivity contribution in [3.63, 3.8) is 0 Å². The Morgan fingerprint density at radius 2 is 1.86 bits per heavy atom. The van der Waals surface area contributed by atoms with E-state index in [2.05, 4.69) is 10.4 Å². The van der Waals surface area contributed by atoms with E-state index in [1.165, 1.54) is 24.5 Å². The first kappa shape index (κ1) is 19.9. The molecule has 10 heteroatoms. The molecule has 2 aromatic carbocycles. The van der Waals surface area contributed by atoms with Gasteiger partial charge >= 0.3 is 11.8 Å². The van der Waals surface area contributed by atoms with Crippen molar-refractivity contribution in [3.8, 4) is 0 Å². The number of fused-ring (bicyclic) bond motifs is 1. The molecule has 2 N–H and O–H groups in total. The second-order valence-corrected chi connectivity index (χ2v) is 6.64. The van der Waals surface area contributed by atoms with E-state index in [9.17, 15) is 14.4 Å². The molecule has 28 heavy (non-hydrogen) atoms. The zero-order chi connectivity index (χ0) is 20.3. The number of hydrazone groups is 1. The summed E-state index contributed by atoms with van der Waals surface area (Å²) in [6, 6.07) is 9.19. The molecule has 0 unspecified atom stereocenters.